The van der Waals surface area contributed by atoms with Crippen molar-refractivity contribution in [1.29, 1.82) is 0 Å². The molecule has 1 amide bonds. The van der Waals surface area contributed by atoms with Crippen LogP contribution in [0.3, 0.4) is 0 Å². The molecule has 0 radical (unpaired) electrons. The Kier molecular flexibility index (Phi) is 5.43. The molecule has 1 aliphatic carbocycles. The Labute approximate surface area is 207 Å². The van der Waals surface area contributed by atoms with Crippen LogP contribution in [0.25, 0.3) is 21.9 Å². The van der Waals surface area contributed by atoms with Gasteiger partial charge in [0.05, 0.1) is 6.54 Å². The lowest BCUT2D eigenvalue weighted by molar-refractivity contribution is -0.134. The van der Waals surface area contributed by atoms with E-state index in [0.29, 0.717) is 49.7 Å². The number of imidazole rings is 1. The van der Waals surface area contributed by atoms with Gasteiger partial charge in [0.25, 0.3) is 11.6 Å². The van der Waals surface area contributed by atoms with Crippen molar-refractivity contribution in [1.82, 2.24) is 23.6 Å². The number of rotatable bonds is 5. The molecule has 6 rings (SSSR count). The maximum atomic E-state index is 13.3. The standard InChI is InChI=1S/C27H29N5O4/c1-29-23-22(25(34)30(2)27(29)35)32(16-19-8-5-7-17-6-3-4-9-21(17)19)26(28-23)36-20-12-14-31(15-13-20)24(33)18-10-11-18/h3-9,18,20H,10-16H2,1-2H3. The Morgan fingerprint density at radius 1 is 0.972 bits per heavy atom. The van der Waals surface area contributed by atoms with Gasteiger partial charge in [-0.15, -0.1) is 0 Å². The van der Waals surface area contributed by atoms with Crippen LogP contribution < -0.4 is 16.0 Å². The Hall–Kier alpha value is -3.88. The van der Waals surface area contributed by atoms with Crippen LogP contribution in [0.1, 0.15) is 31.2 Å². The van der Waals surface area contributed by atoms with Gasteiger partial charge in [0.15, 0.2) is 11.2 Å². The Bertz CT molecular complexity index is 1600. The molecule has 0 atom stereocenters. The molecule has 36 heavy (non-hydrogen) atoms. The number of aryl methyl sites for hydroxylation is 1. The summed E-state index contributed by atoms with van der Waals surface area (Å²) in [5.74, 6) is 0.472. The SMILES string of the molecule is Cn1c(=O)c2c(nc(OC3CCN(C(=O)C4CC4)CC3)n2Cc2cccc3ccccc23)n(C)c1=O. The van der Waals surface area contributed by atoms with Crippen LogP contribution in [-0.4, -0.2) is 48.7 Å². The minimum absolute atomic E-state index is 0.128. The Morgan fingerprint density at radius 3 is 2.44 bits per heavy atom. The number of carbonyl (C=O) groups excluding carboxylic acids is 1. The van der Waals surface area contributed by atoms with Gasteiger partial charge in [-0.2, -0.15) is 4.98 Å². The second-order valence-corrected chi connectivity index (χ2v) is 9.91. The highest BCUT2D eigenvalue weighted by Crippen LogP contribution is 2.32. The van der Waals surface area contributed by atoms with Gasteiger partial charge < -0.3 is 9.64 Å². The van der Waals surface area contributed by atoms with Crippen molar-refractivity contribution in [3.63, 3.8) is 0 Å². The summed E-state index contributed by atoms with van der Waals surface area (Å²) in [7, 11) is 3.09. The molecule has 2 aromatic heterocycles. The smallest absolute Gasteiger partial charge is 0.332 e. The maximum absolute atomic E-state index is 13.3. The minimum atomic E-state index is -0.430. The molecule has 0 unspecified atom stereocenters. The van der Waals surface area contributed by atoms with Crippen LogP contribution in [0, 0.1) is 5.92 Å². The molecule has 0 spiro atoms. The summed E-state index contributed by atoms with van der Waals surface area (Å²) in [4.78, 5) is 44.9. The van der Waals surface area contributed by atoms with E-state index < -0.39 is 11.2 Å². The lowest BCUT2D eigenvalue weighted by atomic mass is 10.0. The number of ether oxygens (including phenoxy) is 1. The summed E-state index contributed by atoms with van der Waals surface area (Å²) in [5, 5.41) is 2.19. The fraction of sp³-hybridized carbons (Fsp3) is 0.407. The van der Waals surface area contributed by atoms with E-state index >= 15 is 0 Å². The highest BCUT2D eigenvalue weighted by Gasteiger charge is 2.35. The predicted molar refractivity (Wildman–Crippen MR) is 136 cm³/mol. The lowest BCUT2D eigenvalue weighted by Gasteiger charge is -2.32. The van der Waals surface area contributed by atoms with Crippen molar-refractivity contribution in [3.05, 3.63) is 68.9 Å². The first-order valence-corrected chi connectivity index (χ1v) is 12.5. The van der Waals surface area contributed by atoms with Crippen LogP contribution in [0.4, 0.5) is 0 Å². The van der Waals surface area contributed by atoms with Gasteiger partial charge in [-0.05, 0) is 29.2 Å². The zero-order chi connectivity index (χ0) is 25.0. The molecule has 3 heterocycles. The molecular weight excluding hydrogens is 458 g/mol. The van der Waals surface area contributed by atoms with Crippen LogP contribution in [0.2, 0.25) is 0 Å². The van der Waals surface area contributed by atoms with Crippen LogP contribution >= 0.6 is 0 Å². The number of likely N-dealkylation sites (tertiary alicyclic amines) is 1. The lowest BCUT2D eigenvalue weighted by Crippen LogP contribution is -2.42. The first-order valence-electron chi connectivity index (χ1n) is 12.5. The van der Waals surface area contributed by atoms with E-state index in [-0.39, 0.29) is 17.9 Å². The molecule has 0 N–H and O–H groups in total. The van der Waals surface area contributed by atoms with Gasteiger partial charge in [-0.3, -0.25) is 23.3 Å². The summed E-state index contributed by atoms with van der Waals surface area (Å²) in [6.07, 6.45) is 3.28. The normalized spacial score (nSPS) is 16.7. The molecule has 1 saturated carbocycles. The van der Waals surface area contributed by atoms with E-state index in [1.54, 1.807) is 11.6 Å². The molecular formula is C27H29N5O4. The minimum Gasteiger partial charge on any atom is -0.461 e. The van der Waals surface area contributed by atoms with Crippen molar-refractivity contribution < 1.29 is 9.53 Å². The van der Waals surface area contributed by atoms with Gasteiger partial charge in [0.1, 0.15) is 6.10 Å². The third-order valence-corrected chi connectivity index (χ3v) is 7.47. The van der Waals surface area contributed by atoms with Crippen molar-refractivity contribution in [2.24, 2.45) is 20.0 Å². The van der Waals surface area contributed by atoms with Gasteiger partial charge in [-0.1, -0.05) is 42.5 Å². The van der Waals surface area contributed by atoms with E-state index in [0.717, 1.165) is 33.7 Å². The van der Waals surface area contributed by atoms with Crippen molar-refractivity contribution in [2.75, 3.05) is 13.1 Å². The number of benzene rings is 2. The highest BCUT2D eigenvalue weighted by molar-refractivity contribution is 5.86. The van der Waals surface area contributed by atoms with Crippen LogP contribution in [-0.2, 0) is 25.4 Å². The topological polar surface area (TPSA) is 91.4 Å². The summed E-state index contributed by atoms with van der Waals surface area (Å²) < 4.78 is 10.7. The number of aromatic nitrogens is 4. The maximum Gasteiger partial charge on any atom is 0.332 e. The molecule has 0 bridgehead atoms. The molecule has 1 saturated heterocycles. The number of piperidine rings is 1. The van der Waals surface area contributed by atoms with Crippen molar-refractivity contribution >= 4 is 27.8 Å². The van der Waals surface area contributed by atoms with Crippen LogP contribution in [0.5, 0.6) is 6.01 Å². The summed E-state index contributed by atoms with van der Waals surface area (Å²) in [6, 6.07) is 14.5. The summed E-state index contributed by atoms with van der Waals surface area (Å²) in [6.45, 7) is 1.69. The zero-order valence-corrected chi connectivity index (χ0v) is 20.5. The molecule has 2 aromatic carbocycles. The first kappa shape index (κ1) is 22.6. The third-order valence-electron chi connectivity index (χ3n) is 7.47. The number of nitrogens with zero attached hydrogens (tertiary/aromatic N) is 5. The van der Waals surface area contributed by atoms with E-state index in [2.05, 4.69) is 23.2 Å². The fourth-order valence-electron chi connectivity index (χ4n) is 5.20. The first-order chi connectivity index (χ1) is 17.4. The molecule has 9 nitrogen and oxygen atoms in total. The van der Waals surface area contributed by atoms with Gasteiger partial charge in [-0.25, -0.2) is 4.79 Å². The largest absolute Gasteiger partial charge is 0.461 e. The molecule has 9 heteroatoms. The Balaban J connectivity index is 1.39. The van der Waals surface area contributed by atoms with E-state index in [4.69, 9.17) is 4.74 Å². The van der Waals surface area contributed by atoms with Gasteiger partial charge in [0, 0.05) is 45.9 Å². The summed E-state index contributed by atoms with van der Waals surface area (Å²) >= 11 is 0. The quantitative estimate of drug-likeness (QED) is 0.431. The number of amides is 1. The average molecular weight is 488 g/mol. The summed E-state index contributed by atoms with van der Waals surface area (Å²) in [5.41, 5.74) is 0.836. The monoisotopic (exact) mass is 487 g/mol. The number of carbonyl (C=O) groups is 1. The molecule has 2 aliphatic rings. The molecule has 4 aromatic rings. The Morgan fingerprint density at radius 2 is 1.69 bits per heavy atom. The van der Waals surface area contributed by atoms with Crippen molar-refractivity contribution in [2.45, 2.75) is 38.3 Å². The third kappa shape index (κ3) is 3.79. The van der Waals surface area contributed by atoms with E-state index in [9.17, 15) is 14.4 Å². The zero-order valence-electron chi connectivity index (χ0n) is 20.5. The highest BCUT2D eigenvalue weighted by atomic mass is 16.5. The molecule has 2 fully saturated rings. The number of hydrogen-bond acceptors (Lipinski definition) is 5. The average Bonchev–Trinajstić information content (AvgIpc) is 3.69. The molecule has 186 valence electrons. The van der Waals surface area contributed by atoms with Gasteiger partial charge >= 0.3 is 5.69 Å². The van der Waals surface area contributed by atoms with E-state index in [1.807, 2.05) is 29.2 Å². The van der Waals surface area contributed by atoms with Crippen LogP contribution in [0.15, 0.2) is 52.1 Å². The van der Waals surface area contributed by atoms with E-state index in [1.165, 1.54) is 11.6 Å². The fourth-order valence-corrected chi connectivity index (χ4v) is 5.20. The molecule has 1 aliphatic heterocycles. The predicted octanol–water partition coefficient (Wildman–Crippen LogP) is 2.42. The number of fused-ring (bicyclic) bond motifs is 2. The number of hydrogen-bond donors (Lipinski definition) is 0. The second kappa shape index (κ2) is 8.65. The van der Waals surface area contributed by atoms with Gasteiger partial charge in [0.2, 0.25) is 5.91 Å². The van der Waals surface area contributed by atoms with Crippen molar-refractivity contribution in [3.8, 4) is 6.01 Å². The second-order valence-electron chi connectivity index (χ2n) is 9.91.